The van der Waals surface area contributed by atoms with Crippen LogP contribution in [-0.4, -0.2) is 9.67 Å². The van der Waals surface area contributed by atoms with E-state index in [1.165, 1.54) is 32.2 Å². The molecular formula is C13H19NO. The monoisotopic (exact) mass is 205 g/mol. The summed E-state index contributed by atoms with van der Waals surface area (Å²) in [6.07, 6.45) is 10.1. The molecule has 1 aromatic rings. The Bertz CT molecular complexity index is 344. The molecule has 0 amide bonds. The van der Waals surface area contributed by atoms with Gasteiger partial charge in [0.05, 0.1) is 6.61 Å². The third-order valence-electron chi connectivity index (χ3n) is 4.32. The van der Waals surface area contributed by atoms with Crippen molar-refractivity contribution in [3.8, 4) is 0 Å². The predicted molar refractivity (Wildman–Crippen MR) is 59.3 cm³/mol. The Morgan fingerprint density at radius 2 is 2.27 bits per heavy atom. The Morgan fingerprint density at radius 1 is 1.33 bits per heavy atom. The van der Waals surface area contributed by atoms with E-state index in [0.717, 1.165) is 23.3 Å². The van der Waals surface area contributed by atoms with Crippen molar-refractivity contribution < 1.29 is 5.11 Å². The zero-order chi connectivity index (χ0) is 10.3. The quantitative estimate of drug-likeness (QED) is 0.805. The first kappa shape index (κ1) is 9.46. The fraction of sp³-hybridized carbons (Fsp3) is 0.692. The van der Waals surface area contributed by atoms with Gasteiger partial charge in [-0.2, -0.15) is 0 Å². The third-order valence-corrected chi connectivity index (χ3v) is 4.32. The molecule has 0 saturated heterocycles. The van der Waals surface area contributed by atoms with E-state index in [1.54, 1.807) is 0 Å². The summed E-state index contributed by atoms with van der Waals surface area (Å²) < 4.78 is 2.26. The van der Waals surface area contributed by atoms with E-state index in [9.17, 15) is 0 Å². The highest BCUT2D eigenvalue weighted by Gasteiger charge is 2.39. The van der Waals surface area contributed by atoms with Crippen LogP contribution >= 0.6 is 0 Å². The molecule has 2 aliphatic rings. The lowest BCUT2D eigenvalue weighted by atomic mass is 9.89. The topological polar surface area (TPSA) is 25.2 Å². The summed E-state index contributed by atoms with van der Waals surface area (Å²) in [5, 5.41) is 9.00. The minimum absolute atomic E-state index is 0.170. The predicted octanol–water partition coefficient (Wildman–Crippen LogP) is 2.42. The molecule has 2 aliphatic carbocycles. The molecule has 2 nitrogen and oxygen atoms in total. The Balaban J connectivity index is 1.65. The Kier molecular flexibility index (Phi) is 2.32. The second-order valence-corrected chi connectivity index (χ2v) is 5.31. The van der Waals surface area contributed by atoms with Gasteiger partial charge in [-0.3, -0.25) is 0 Å². The molecule has 0 aromatic carbocycles. The van der Waals surface area contributed by atoms with Gasteiger partial charge in [-0.05, 0) is 48.6 Å². The van der Waals surface area contributed by atoms with Gasteiger partial charge in [0.2, 0.25) is 0 Å². The van der Waals surface area contributed by atoms with Crippen molar-refractivity contribution in [1.29, 1.82) is 0 Å². The number of aromatic nitrogens is 1. The van der Waals surface area contributed by atoms with Gasteiger partial charge >= 0.3 is 0 Å². The Morgan fingerprint density at radius 3 is 2.87 bits per heavy atom. The number of nitrogens with zero attached hydrogens (tertiary/aromatic N) is 1. The molecule has 82 valence electrons. The van der Waals surface area contributed by atoms with Gasteiger partial charge in [0.1, 0.15) is 0 Å². The van der Waals surface area contributed by atoms with Crippen molar-refractivity contribution in [2.75, 3.05) is 0 Å². The van der Waals surface area contributed by atoms with Crippen LogP contribution in [-0.2, 0) is 13.2 Å². The molecular weight excluding hydrogens is 186 g/mol. The maximum absolute atomic E-state index is 9.00. The van der Waals surface area contributed by atoms with Gasteiger partial charge in [0.25, 0.3) is 0 Å². The molecule has 15 heavy (non-hydrogen) atoms. The van der Waals surface area contributed by atoms with E-state index in [4.69, 9.17) is 5.11 Å². The van der Waals surface area contributed by atoms with Crippen LogP contribution in [0.5, 0.6) is 0 Å². The minimum Gasteiger partial charge on any atom is -0.392 e. The van der Waals surface area contributed by atoms with Crippen LogP contribution in [0, 0.1) is 17.8 Å². The SMILES string of the molecule is OCc1ccn(CC2CC3CCC2C3)c1. The number of rotatable bonds is 3. The molecule has 1 aromatic heterocycles. The Labute approximate surface area is 90.9 Å². The van der Waals surface area contributed by atoms with Crippen molar-refractivity contribution >= 4 is 0 Å². The minimum atomic E-state index is 0.170. The van der Waals surface area contributed by atoms with Crippen LogP contribution in [0.1, 0.15) is 31.2 Å². The summed E-state index contributed by atoms with van der Waals surface area (Å²) in [6.45, 7) is 1.34. The zero-order valence-electron chi connectivity index (χ0n) is 9.10. The Hall–Kier alpha value is -0.760. The average molecular weight is 205 g/mol. The van der Waals surface area contributed by atoms with Crippen molar-refractivity contribution in [1.82, 2.24) is 4.57 Å². The van der Waals surface area contributed by atoms with Crippen LogP contribution in [0.3, 0.4) is 0 Å². The highest BCUT2D eigenvalue weighted by molar-refractivity contribution is 5.09. The summed E-state index contributed by atoms with van der Waals surface area (Å²) in [7, 11) is 0. The molecule has 3 unspecified atom stereocenters. The van der Waals surface area contributed by atoms with Crippen molar-refractivity contribution in [3.63, 3.8) is 0 Å². The van der Waals surface area contributed by atoms with Gasteiger partial charge in [0.15, 0.2) is 0 Å². The highest BCUT2D eigenvalue weighted by Crippen LogP contribution is 2.48. The first-order valence-electron chi connectivity index (χ1n) is 6.10. The molecule has 1 heterocycles. The standard InChI is InChI=1S/C13H19NO/c15-9-11-3-4-14(7-11)8-13-6-10-1-2-12(13)5-10/h3-4,7,10,12-13,15H,1-2,5-6,8-9H2. The zero-order valence-corrected chi connectivity index (χ0v) is 9.10. The number of hydrogen-bond donors (Lipinski definition) is 1. The van der Waals surface area contributed by atoms with Crippen LogP contribution < -0.4 is 0 Å². The molecule has 2 fully saturated rings. The van der Waals surface area contributed by atoms with E-state index in [1.807, 2.05) is 6.07 Å². The molecule has 0 radical (unpaired) electrons. The number of fused-ring (bicyclic) bond motifs is 2. The number of aliphatic hydroxyl groups is 1. The molecule has 2 saturated carbocycles. The lowest BCUT2D eigenvalue weighted by Gasteiger charge is -2.21. The molecule has 0 aliphatic heterocycles. The number of hydrogen-bond acceptors (Lipinski definition) is 1. The van der Waals surface area contributed by atoms with E-state index >= 15 is 0 Å². The first-order valence-corrected chi connectivity index (χ1v) is 6.10. The maximum Gasteiger partial charge on any atom is 0.0696 e. The van der Waals surface area contributed by atoms with E-state index < -0.39 is 0 Å². The molecule has 3 atom stereocenters. The normalized spacial score (nSPS) is 33.8. The largest absolute Gasteiger partial charge is 0.392 e. The molecule has 0 spiro atoms. The summed E-state index contributed by atoms with van der Waals surface area (Å²) in [5.74, 6) is 2.94. The van der Waals surface area contributed by atoms with E-state index in [2.05, 4.69) is 17.0 Å². The lowest BCUT2D eigenvalue weighted by molar-refractivity contribution is 0.279. The molecule has 1 N–H and O–H groups in total. The number of aliphatic hydroxyl groups excluding tert-OH is 1. The van der Waals surface area contributed by atoms with Crippen LogP contribution in [0.4, 0.5) is 0 Å². The fourth-order valence-electron chi connectivity index (χ4n) is 3.57. The summed E-state index contributed by atoms with van der Waals surface area (Å²) in [4.78, 5) is 0. The fourth-order valence-corrected chi connectivity index (χ4v) is 3.57. The highest BCUT2D eigenvalue weighted by atomic mass is 16.3. The van der Waals surface area contributed by atoms with Crippen molar-refractivity contribution in [3.05, 3.63) is 24.0 Å². The van der Waals surface area contributed by atoms with Gasteiger partial charge < -0.3 is 9.67 Å². The summed E-state index contributed by atoms with van der Waals surface area (Å²) >= 11 is 0. The van der Waals surface area contributed by atoms with Crippen molar-refractivity contribution in [2.24, 2.45) is 17.8 Å². The first-order chi connectivity index (χ1) is 7.35. The average Bonchev–Trinajstić information content (AvgIpc) is 2.92. The van der Waals surface area contributed by atoms with Gasteiger partial charge in [-0.25, -0.2) is 0 Å². The molecule has 3 rings (SSSR count). The molecule has 2 heteroatoms. The molecule has 2 bridgehead atoms. The maximum atomic E-state index is 9.00. The third kappa shape index (κ3) is 1.71. The summed E-state index contributed by atoms with van der Waals surface area (Å²) in [5.41, 5.74) is 1.04. The van der Waals surface area contributed by atoms with Crippen LogP contribution in [0.25, 0.3) is 0 Å². The van der Waals surface area contributed by atoms with Crippen molar-refractivity contribution in [2.45, 2.75) is 38.8 Å². The van der Waals surface area contributed by atoms with Crippen LogP contribution in [0.15, 0.2) is 18.5 Å². The lowest BCUT2D eigenvalue weighted by Crippen LogP contribution is -2.16. The smallest absolute Gasteiger partial charge is 0.0696 e. The summed E-state index contributed by atoms with van der Waals surface area (Å²) in [6, 6.07) is 2.02. The van der Waals surface area contributed by atoms with Gasteiger partial charge in [0, 0.05) is 18.9 Å². The van der Waals surface area contributed by atoms with E-state index in [-0.39, 0.29) is 6.61 Å². The van der Waals surface area contributed by atoms with E-state index in [0.29, 0.717) is 0 Å². The second-order valence-electron chi connectivity index (χ2n) is 5.31. The van der Waals surface area contributed by atoms with Gasteiger partial charge in [-0.1, -0.05) is 6.42 Å². The van der Waals surface area contributed by atoms with Gasteiger partial charge in [-0.15, -0.1) is 0 Å². The van der Waals surface area contributed by atoms with Crippen LogP contribution in [0.2, 0.25) is 0 Å². The second kappa shape index (κ2) is 3.67.